The minimum atomic E-state index is -1.25. The fraction of sp³-hybridized carbons (Fsp3) is 0.759. The predicted octanol–water partition coefficient (Wildman–Crippen LogP) is -1.03. The summed E-state index contributed by atoms with van der Waals surface area (Å²) < 4.78 is 0. The Balaban J connectivity index is 3.02. The summed E-state index contributed by atoms with van der Waals surface area (Å²) in [6, 6.07) is -6.44. The predicted molar refractivity (Wildman–Crippen MR) is 161 cm³/mol. The second-order valence-electron chi connectivity index (χ2n) is 12.3. The van der Waals surface area contributed by atoms with Crippen molar-refractivity contribution in [3.8, 4) is 0 Å². The number of carbonyl (C=O) groups is 7. The number of amides is 6. The molecule has 0 aromatic rings. The Bertz CT molecular complexity index is 1070. The van der Waals surface area contributed by atoms with Crippen LogP contribution in [0.4, 0.5) is 0 Å². The van der Waals surface area contributed by atoms with Crippen molar-refractivity contribution in [3.05, 3.63) is 0 Å². The second kappa shape index (κ2) is 17.5. The van der Waals surface area contributed by atoms with E-state index in [4.69, 9.17) is 11.5 Å². The van der Waals surface area contributed by atoms with Gasteiger partial charge in [-0.1, -0.05) is 48.0 Å². The van der Waals surface area contributed by atoms with E-state index in [0.717, 1.165) is 0 Å². The fourth-order valence-corrected chi connectivity index (χ4v) is 4.87. The second-order valence-corrected chi connectivity index (χ2v) is 12.3. The Morgan fingerprint density at radius 2 is 1.43 bits per heavy atom. The molecule has 44 heavy (non-hydrogen) atoms. The van der Waals surface area contributed by atoms with Gasteiger partial charge in [0.2, 0.25) is 35.4 Å². The summed E-state index contributed by atoms with van der Waals surface area (Å²) >= 11 is 0. The lowest BCUT2D eigenvalue weighted by molar-refractivity contribution is -0.150. The SMILES string of the molecule is CC[C@H](C)[C@H](NC(=O)[C@H](CC(C)C)NC(=O)[C@@H](N)CC(N)=O)C(=O)N[C@@H](C)C(=O)N[C@H](C(=O)N1CCC[C@H]1C(=O)O)C(C)C. The summed E-state index contributed by atoms with van der Waals surface area (Å²) in [5.74, 6) is -5.81. The van der Waals surface area contributed by atoms with Crippen molar-refractivity contribution in [2.75, 3.05) is 6.54 Å². The van der Waals surface area contributed by atoms with E-state index in [2.05, 4.69) is 21.3 Å². The number of hydrogen-bond acceptors (Lipinski definition) is 8. The monoisotopic (exact) mass is 625 g/mol. The van der Waals surface area contributed by atoms with Crippen molar-refractivity contribution in [1.29, 1.82) is 0 Å². The molecule has 15 nitrogen and oxygen atoms in total. The van der Waals surface area contributed by atoms with E-state index in [1.54, 1.807) is 20.8 Å². The van der Waals surface area contributed by atoms with Crippen molar-refractivity contribution < 1.29 is 38.7 Å². The number of nitrogens with one attached hydrogen (secondary N) is 4. The van der Waals surface area contributed by atoms with Crippen LogP contribution < -0.4 is 32.7 Å². The lowest BCUT2D eigenvalue weighted by atomic mass is 9.96. The molecule has 0 bridgehead atoms. The molecule has 0 aliphatic carbocycles. The van der Waals surface area contributed by atoms with E-state index in [1.807, 2.05) is 20.8 Å². The summed E-state index contributed by atoms with van der Waals surface area (Å²) in [5, 5.41) is 19.9. The molecule has 1 fully saturated rings. The van der Waals surface area contributed by atoms with Gasteiger partial charge in [-0.15, -0.1) is 0 Å². The number of aliphatic carboxylic acids is 1. The molecule has 0 aromatic carbocycles. The van der Waals surface area contributed by atoms with Crippen LogP contribution in [0.25, 0.3) is 0 Å². The number of primary amides is 1. The molecule has 0 spiro atoms. The van der Waals surface area contributed by atoms with Gasteiger partial charge in [0.15, 0.2) is 0 Å². The molecule has 1 aliphatic heterocycles. The van der Waals surface area contributed by atoms with Crippen LogP contribution in [0.3, 0.4) is 0 Å². The van der Waals surface area contributed by atoms with E-state index in [9.17, 15) is 38.7 Å². The first-order chi connectivity index (χ1) is 20.4. The average molecular weight is 626 g/mol. The standard InChI is InChI=1S/C29H51N7O8/c1-8-16(6)23(35-26(40)19(12-14(2)3)33-25(39)18(30)13-21(31)37)27(41)32-17(7)24(38)34-22(15(4)5)28(42)36-11-9-10-20(36)29(43)44/h14-20,22-23H,8-13,30H2,1-7H3,(H2,31,37)(H,32,41)(H,33,39)(H,34,38)(H,35,40)(H,43,44)/t16-,17-,18-,19-,20-,22-,23-/m0/s1. The highest BCUT2D eigenvalue weighted by molar-refractivity contribution is 5.96. The van der Waals surface area contributed by atoms with Crippen molar-refractivity contribution >= 4 is 41.4 Å². The number of nitrogens with zero attached hydrogens (tertiary/aromatic N) is 1. The molecule has 250 valence electrons. The number of carboxylic acids is 1. The molecule has 1 heterocycles. The Kier molecular flexibility index (Phi) is 15.2. The molecular weight excluding hydrogens is 574 g/mol. The quantitative estimate of drug-likeness (QED) is 0.104. The van der Waals surface area contributed by atoms with Gasteiger partial charge in [-0.05, 0) is 43.9 Å². The highest BCUT2D eigenvalue weighted by Crippen LogP contribution is 2.20. The van der Waals surface area contributed by atoms with Gasteiger partial charge in [0.25, 0.3) is 0 Å². The Morgan fingerprint density at radius 3 is 1.93 bits per heavy atom. The maximum atomic E-state index is 13.4. The van der Waals surface area contributed by atoms with E-state index >= 15 is 0 Å². The Hall–Kier alpha value is -3.75. The fourth-order valence-electron chi connectivity index (χ4n) is 4.87. The molecule has 6 amide bonds. The van der Waals surface area contributed by atoms with Gasteiger partial charge < -0.3 is 42.7 Å². The number of carboxylic acid groups (broad SMARTS) is 1. The lowest BCUT2D eigenvalue weighted by Crippen LogP contribution is -2.60. The highest BCUT2D eigenvalue weighted by atomic mass is 16.4. The number of nitrogens with two attached hydrogens (primary N) is 2. The number of likely N-dealkylation sites (tertiary alicyclic amines) is 1. The average Bonchev–Trinajstić information content (AvgIpc) is 3.42. The van der Waals surface area contributed by atoms with Crippen LogP contribution in [-0.4, -0.2) is 94.2 Å². The first kappa shape index (κ1) is 38.3. The van der Waals surface area contributed by atoms with Gasteiger partial charge in [0, 0.05) is 6.54 Å². The van der Waals surface area contributed by atoms with Gasteiger partial charge in [-0.25, -0.2) is 4.79 Å². The molecule has 7 atom stereocenters. The van der Waals surface area contributed by atoms with Crippen LogP contribution in [0.5, 0.6) is 0 Å². The van der Waals surface area contributed by atoms with Crippen LogP contribution in [0.2, 0.25) is 0 Å². The van der Waals surface area contributed by atoms with Gasteiger partial charge in [-0.3, -0.25) is 28.8 Å². The maximum Gasteiger partial charge on any atom is 0.326 e. The number of carbonyl (C=O) groups excluding carboxylic acids is 6. The zero-order valence-electron chi connectivity index (χ0n) is 26.8. The minimum absolute atomic E-state index is 0.0269. The summed E-state index contributed by atoms with van der Waals surface area (Å²) in [6.07, 6.45) is 1.18. The summed E-state index contributed by atoms with van der Waals surface area (Å²) in [4.78, 5) is 89.5. The van der Waals surface area contributed by atoms with Crippen LogP contribution in [-0.2, 0) is 33.6 Å². The van der Waals surface area contributed by atoms with Crippen molar-refractivity contribution in [1.82, 2.24) is 26.2 Å². The van der Waals surface area contributed by atoms with Crippen LogP contribution in [0.15, 0.2) is 0 Å². The van der Waals surface area contributed by atoms with Crippen molar-refractivity contribution in [2.24, 2.45) is 29.2 Å². The largest absolute Gasteiger partial charge is 0.480 e. The molecule has 1 saturated heterocycles. The lowest BCUT2D eigenvalue weighted by Gasteiger charge is -2.31. The summed E-state index contributed by atoms with van der Waals surface area (Å²) in [6.45, 7) is 12.4. The van der Waals surface area contributed by atoms with E-state index in [1.165, 1.54) is 11.8 Å². The van der Waals surface area contributed by atoms with Crippen molar-refractivity contribution in [2.45, 2.75) is 117 Å². The van der Waals surface area contributed by atoms with Gasteiger partial charge in [0.05, 0.1) is 12.5 Å². The molecule has 9 N–H and O–H groups in total. The molecule has 1 rings (SSSR count). The van der Waals surface area contributed by atoms with Gasteiger partial charge in [0.1, 0.15) is 30.2 Å². The van der Waals surface area contributed by atoms with Crippen molar-refractivity contribution in [3.63, 3.8) is 0 Å². The van der Waals surface area contributed by atoms with Crippen LogP contribution >= 0.6 is 0 Å². The third-order valence-corrected chi connectivity index (χ3v) is 7.69. The Labute approximate surface area is 259 Å². The zero-order chi connectivity index (χ0) is 33.9. The number of hydrogen-bond donors (Lipinski definition) is 7. The summed E-state index contributed by atoms with van der Waals surface area (Å²) in [5.41, 5.74) is 10.9. The van der Waals surface area contributed by atoms with E-state index < -0.39 is 84.1 Å². The molecule has 0 radical (unpaired) electrons. The molecular formula is C29H51N7O8. The molecule has 15 heteroatoms. The topological polar surface area (TPSA) is 243 Å². The van der Waals surface area contributed by atoms with Crippen LogP contribution in [0, 0.1) is 17.8 Å². The highest BCUT2D eigenvalue weighted by Gasteiger charge is 2.39. The third-order valence-electron chi connectivity index (χ3n) is 7.69. The Morgan fingerprint density at radius 1 is 0.841 bits per heavy atom. The molecule has 0 aromatic heterocycles. The smallest absolute Gasteiger partial charge is 0.326 e. The molecule has 1 aliphatic rings. The molecule has 0 saturated carbocycles. The van der Waals surface area contributed by atoms with E-state index in [-0.39, 0.29) is 30.7 Å². The molecule has 0 unspecified atom stereocenters. The van der Waals surface area contributed by atoms with Gasteiger partial charge in [-0.2, -0.15) is 0 Å². The van der Waals surface area contributed by atoms with E-state index in [0.29, 0.717) is 19.3 Å². The van der Waals surface area contributed by atoms with Crippen LogP contribution in [0.1, 0.15) is 80.6 Å². The zero-order valence-corrected chi connectivity index (χ0v) is 26.8. The normalized spacial score (nSPS) is 18.9. The first-order valence-corrected chi connectivity index (χ1v) is 15.2. The van der Waals surface area contributed by atoms with Gasteiger partial charge >= 0.3 is 5.97 Å². The number of rotatable bonds is 17. The minimum Gasteiger partial charge on any atom is -0.480 e. The summed E-state index contributed by atoms with van der Waals surface area (Å²) in [7, 11) is 0. The maximum absolute atomic E-state index is 13.4. The first-order valence-electron chi connectivity index (χ1n) is 15.2. The third kappa shape index (κ3) is 11.4.